The van der Waals surface area contributed by atoms with Gasteiger partial charge in [0, 0.05) is 5.70 Å². The molecule has 0 saturated heterocycles. The van der Waals surface area contributed by atoms with Gasteiger partial charge in [0.25, 0.3) is 0 Å². The molecule has 3 rings (SSSR count). The molecule has 1 unspecified atom stereocenters. The van der Waals surface area contributed by atoms with Crippen LogP contribution < -0.4 is 15.2 Å². The molecule has 138 valence electrons. The van der Waals surface area contributed by atoms with E-state index >= 15 is 0 Å². The molecule has 0 radical (unpaired) electrons. The van der Waals surface area contributed by atoms with Gasteiger partial charge in [0.1, 0.15) is 17.2 Å². The summed E-state index contributed by atoms with van der Waals surface area (Å²) in [4.78, 5) is 0. The van der Waals surface area contributed by atoms with Gasteiger partial charge in [-0.1, -0.05) is 25.6 Å². The SMILES string of the molecule is C=C(N)CCC(C)C1CC(c2cccc(Oc3ccc(OC)cc3)c2)C1. The molecule has 3 nitrogen and oxygen atoms in total. The first kappa shape index (κ1) is 18.4. The van der Waals surface area contributed by atoms with Crippen molar-refractivity contribution in [3.63, 3.8) is 0 Å². The lowest BCUT2D eigenvalue weighted by Gasteiger charge is -2.40. The Morgan fingerprint density at radius 2 is 1.81 bits per heavy atom. The van der Waals surface area contributed by atoms with E-state index in [1.165, 1.54) is 18.4 Å². The van der Waals surface area contributed by atoms with Crippen LogP contribution >= 0.6 is 0 Å². The van der Waals surface area contributed by atoms with Gasteiger partial charge in [-0.15, -0.1) is 0 Å². The second-order valence-electron chi connectivity index (χ2n) is 7.45. The molecule has 2 N–H and O–H groups in total. The Kier molecular flexibility index (Phi) is 5.87. The van der Waals surface area contributed by atoms with Crippen LogP contribution in [0, 0.1) is 11.8 Å². The Labute approximate surface area is 156 Å². The Morgan fingerprint density at radius 3 is 2.46 bits per heavy atom. The highest BCUT2D eigenvalue weighted by molar-refractivity contribution is 5.38. The fraction of sp³-hybridized carbons (Fsp3) is 0.391. The summed E-state index contributed by atoms with van der Waals surface area (Å²) in [5.74, 6) is 4.70. The molecule has 0 amide bonds. The monoisotopic (exact) mass is 351 g/mol. The molecule has 1 aliphatic carbocycles. The summed E-state index contributed by atoms with van der Waals surface area (Å²) in [5, 5.41) is 0. The van der Waals surface area contributed by atoms with Crippen LogP contribution in [0.1, 0.15) is 44.1 Å². The molecule has 3 heteroatoms. The standard InChI is InChI=1S/C23H29NO2/c1-16(7-8-17(2)24)19-13-20(14-19)18-5-4-6-23(15-18)26-22-11-9-21(25-3)10-12-22/h4-6,9-12,15-16,19-20H,2,7-8,13-14,24H2,1,3H3. The van der Waals surface area contributed by atoms with E-state index in [1.54, 1.807) is 7.11 Å². The zero-order valence-electron chi connectivity index (χ0n) is 15.8. The van der Waals surface area contributed by atoms with Gasteiger partial charge in [0.2, 0.25) is 0 Å². The van der Waals surface area contributed by atoms with E-state index in [2.05, 4.69) is 31.7 Å². The van der Waals surface area contributed by atoms with Crippen LogP contribution in [-0.2, 0) is 0 Å². The molecule has 2 aromatic rings. The minimum Gasteiger partial charge on any atom is -0.497 e. The lowest BCUT2D eigenvalue weighted by Crippen LogP contribution is -2.27. The lowest BCUT2D eigenvalue weighted by molar-refractivity contribution is 0.177. The second kappa shape index (κ2) is 8.31. The number of benzene rings is 2. The van der Waals surface area contributed by atoms with Gasteiger partial charge >= 0.3 is 0 Å². The van der Waals surface area contributed by atoms with Crippen LogP contribution in [-0.4, -0.2) is 7.11 Å². The molecule has 1 aliphatic rings. The van der Waals surface area contributed by atoms with E-state index in [1.807, 2.05) is 30.3 Å². The first-order chi connectivity index (χ1) is 12.5. The van der Waals surface area contributed by atoms with Crippen molar-refractivity contribution in [1.29, 1.82) is 0 Å². The normalized spacial score (nSPS) is 20.1. The summed E-state index contributed by atoms with van der Waals surface area (Å²) >= 11 is 0. The van der Waals surface area contributed by atoms with Gasteiger partial charge < -0.3 is 15.2 Å². The maximum Gasteiger partial charge on any atom is 0.127 e. The maximum atomic E-state index is 6.00. The van der Waals surface area contributed by atoms with Crippen LogP contribution in [0.3, 0.4) is 0 Å². The Balaban J connectivity index is 1.55. The molecule has 0 aliphatic heterocycles. The van der Waals surface area contributed by atoms with Crippen LogP contribution in [0.25, 0.3) is 0 Å². The van der Waals surface area contributed by atoms with Crippen molar-refractivity contribution < 1.29 is 9.47 Å². The van der Waals surface area contributed by atoms with Crippen LogP contribution in [0.15, 0.2) is 60.8 Å². The predicted molar refractivity (Wildman–Crippen MR) is 107 cm³/mol. The topological polar surface area (TPSA) is 44.5 Å². The Bertz CT molecular complexity index is 732. The van der Waals surface area contributed by atoms with Gasteiger partial charge in [-0.3, -0.25) is 0 Å². The van der Waals surface area contributed by atoms with Gasteiger partial charge in [0.05, 0.1) is 7.11 Å². The summed E-state index contributed by atoms with van der Waals surface area (Å²) < 4.78 is 11.2. The van der Waals surface area contributed by atoms with E-state index in [0.717, 1.165) is 41.7 Å². The zero-order valence-corrected chi connectivity index (χ0v) is 15.8. The van der Waals surface area contributed by atoms with E-state index in [4.69, 9.17) is 15.2 Å². The largest absolute Gasteiger partial charge is 0.497 e. The maximum absolute atomic E-state index is 6.00. The van der Waals surface area contributed by atoms with Gasteiger partial charge in [0.15, 0.2) is 0 Å². The van der Waals surface area contributed by atoms with Crippen LogP contribution in [0.5, 0.6) is 17.2 Å². The molecule has 0 aromatic heterocycles. The predicted octanol–water partition coefficient (Wildman–Crippen LogP) is 5.87. The molecule has 1 atom stereocenters. The summed E-state index contributed by atoms with van der Waals surface area (Å²) in [6, 6.07) is 16.2. The third kappa shape index (κ3) is 4.60. The number of ether oxygens (including phenoxy) is 2. The highest BCUT2D eigenvalue weighted by atomic mass is 16.5. The van der Waals surface area contributed by atoms with E-state index < -0.39 is 0 Å². The van der Waals surface area contributed by atoms with Crippen molar-refractivity contribution in [2.45, 2.75) is 38.5 Å². The smallest absolute Gasteiger partial charge is 0.127 e. The fourth-order valence-electron chi connectivity index (χ4n) is 3.66. The lowest BCUT2D eigenvalue weighted by atomic mass is 9.65. The summed E-state index contributed by atoms with van der Waals surface area (Å²) in [6.07, 6.45) is 4.59. The van der Waals surface area contributed by atoms with Gasteiger partial charge in [-0.05, 0) is 85.4 Å². The summed E-state index contributed by atoms with van der Waals surface area (Å²) in [5.41, 5.74) is 7.88. The minimum atomic E-state index is 0.642. The average molecular weight is 351 g/mol. The number of hydrogen-bond donors (Lipinski definition) is 1. The Morgan fingerprint density at radius 1 is 1.12 bits per heavy atom. The number of hydrogen-bond acceptors (Lipinski definition) is 3. The molecule has 2 aromatic carbocycles. The zero-order chi connectivity index (χ0) is 18.5. The second-order valence-corrected chi connectivity index (χ2v) is 7.45. The fourth-order valence-corrected chi connectivity index (χ4v) is 3.66. The molecule has 0 bridgehead atoms. The Hall–Kier alpha value is -2.42. The van der Waals surface area contributed by atoms with Crippen molar-refractivity contribution in [3.05, 3.63) is 66.4 Å². The van der Waals surface area contributed by atoms with Crippen molar-refractivity contribution in [3.8, 4) is 17.2 Å². The van der Waals surface area contributed by atoms with Crippen molar-refractivity contribution in [2.24, 2.45) is 17.6 Å². The number of rotatable bonds is 8. The molecule has 0 spiro atoms. The van der Waals surface area contributed by atoms with Crippen molar-refractivity contribution >= 4 is 0 Å². The first-order valence-corrected chi connectivity index (χ1v) is 9.40. The van der Waals surface area contributed by atoms with Gasteiger partial charge in [-0.2, -0.15) is 0 Å². The molecular formula is C23H29NO2. The average Bonchev–Trinajstić information content (AvgIpc) is 2.60. The number of methoxy groups -OCH3 is 1. The molecule has 1 saturated carbocycles. The van der Waals surface area contributed by atoms with Crippen LogP contribution in [0.2, 0.25) is 0 Å². The third-order valence-corrected chi connectivity index (χ3v) is 5.52. The van der Waals surface area contributed by atoms with E-state index in [0.29, 0.717) is 11.8 Å². The molecule has 1 fully saturated rings. The van der Waals surface area contributed by atoms with E-state index in [9.17, 15) is 0 Å². The number of allylic oxidation sites excluding steroid dienone is 1. The first-order valence-electron chi connectivity index (χ1n) is 9.40. The number of nitrogens with two attached hydrogens (primary N) is 1. The van der Waals surface area contributed by atoms with Crippen molar-refractivity contribution in [2.75, 3.05) is 7.11 Å². The molecular weight excluding hydrogens is 322 g/mol. The summed E-state index contributed by atoms with van der Waals surface area (Å²) in [6.45, 7) is 6.14. The summed E-state index contributed by atoms with van der Waals surface area (Å²) in [7, 11) is 1.67. The minimum absolute atomic E-state index is 0.642. The van der Waals surface area contributed by atoms with Crippen molar-refractivity contribution in [1.82, 2.24) is 0 Å². The molecule has 0 heterocycles. The van der Waals surface area contributed by atoms with Crippen LogP contribution in [0.4, 0.5) is 0 Å². The highest BCUT2D eigenvalue weighted by Crippen LogP contribution is 2.47. The molecule has 26 heavy (non-hydrogen) atoms. The quantitative estimate of drug-likeness (QED) is 0.647. The van der Waals surface area contributed by atoms with Gasteiger partial charge in [-0.25, -0.2) is 0 Å². The van der Waals surface area contributed by atoms with E-state index in [-0.39, 0.29) is 0 Å². The highest BCUT2D eigenvalue weighted by Gasteiger charge is 2.33. The third-order valence-electron chi connectivity index (χ3n) is 5.52.